The molecule has 4 aromatic rings. The van der Waals surface area contributed by atoms with E-state index in [-0.39, 0.29) is 50.0 Å². The van der Waals surface area contributed by atoms with Gasteiger partial charge in [0.2, 0.25) is 0 Å². The molecule has 0 atom stereocenters. The third-order valence-electron chi connectivity index (χ3n) is 6.38. The van der Waals surface area contributed by atoms with E-state index in [1.54, 1.807) is 30.3 Å². The number of hydrogen-bond acceptors (Lipinski definition) is 10. The highest BCUT2D eigenvalue weighted by molar-refractivity contribution is 9.10. The number of phenols is 3. The molecule has 48 heavy (non-hydrogen) atoms. The van der Waals surface area contributed by atoms with Crippen molar-refractivity contribution < 1.29 is 50.5 Å². The molecule has 4 aromatic carbocycles. The molecule has 1 aliphatic carbocycles. The van der Waals surface area contributed by atoms with Gasteiger partial charge in [0.15, 0.2) is 11.7 Å². The van der Waals surface area contributed by atoms with Crippen LogP contribution in [-0.4, -0.2) is 47.5 Å². The first kappa shape index (κ1) is 36.3. The van der Waals surface area contributed by atoms with Gasteiger partial charge in [-0.05, 0) is 66.7 Å². The smallest absolute Gasteiger partial charge is 0.295 e. The van der Waals surface area contributed by atoms with Crippen LogP contribution in [0.5, 0.6) is 17.2 Å². The van der Waals surface area contributed by atoms with Gasteiger partial charge in [0, 0.05) is 54.8 Å². The Bertz CT molecular complexity index is 2390. The lowest BCUT2D eigenvalue weighted by atomic mass is 9.93. The molecule has 16 heteroatoms. The molecule has 12 nitrogen and oxygen atoms in total. The number of phenolic OH excluding ortho intramolecular Hbond substituents is 3. The first-order chi connectivity index (χ1) is 22.5. The number of carbonyl (C=O) groups is 1. The standard InChI is InChI=1S/C19H11BrO6S.C7H5BrO4S.C6H6O2/c20-10-1-4-15(18(7-10)27(23,24)25)19-13-5-2-11(21)8-16(13)26-17-9-12(22)3-6-14(17)19;8-6-2-1-5(4-9)7(3-6)13(10,11)12;7-5-2-1-3-6(8)4-5/h1-9,21H,(H,23,24,25);1-4H,(H,10,11,12);1-4,7-8H. The average molecular weight is 822 g/mol. The molecular weight excluding hydrogens is 800 g/mol. The van der Waals surface area contributed by atoms with Crippen LogP contribution in [0.3, 0.4) is 0 Å². The molecule has 1 heterocycles. The molecule has 5 N–H and O–H groups in total. The van der Waals surface area contributed by atoms with Crippen LogP contribution >= 0.6 is 31.9 Å². The second-order valence-electron chi connectivity index (χ2n) is 9.73. The monoisotopic (exact) mass is 820 g/mol. The first-order valence-electron chi connectivity index (χ1n) is 13.1. The van der Waals surface area contributed by atoms with Gasteiger partial charge in [0.25, 0.3) is 20.2 Å². The Labute approximate surface area is 289 Å². The molecule has 0 unspecified atom stereocenters. The van der Waals surface area contributed by atoms with Crippen LogP contribution in [0.15, 0.2) is 125 Å². The van der Waals surface area contributed by atoms with E-state index in [2.05, 4.69) is 31.9 Å². The number of rotatable bonds is 4. The summed E-state index contributed by atoms with van der Waals surface area (Å²) < 4.78 is 70.6. The molecule has 248 valence electrons. The molecule has 2 aliphatic rings. The summed E-state index contributed by atoms with van der Waals surface area (Å²) >= 11 is 6.24. The minimum absolute atomic E-state index is 0.0411. The highest BCUT2D eigenvalue weighted by atomic mass is 79.9. The van der Waals surface area contributed by atoms with Gasteiger partial charge < -0.3 is 19.7 Å². The largest absolute Gasteiger partial charge is 0.508 e. The van der Waals surface area contributed by atoms with Crippen LogP contribution in [0, 0.1) is 0 Å². The Morgan fingerprint density at radius 3 is 1.75 bits per heavy atom. The summed E-state index contributed by atoms with van der Waals surface area (Å²) in [5, 5.41) is 27.6. The van der Waals surface area contributed by atoms with E-state index in [4.69, 9.17) is 19.2 Å². The van der Waals surface area contributed by atoms with Crippen LogP contribution in [0.1, 0.15) is 10.4 Å². The third-order valence-corrected chi connectivity index (χ3v) is 9.17. The van der Waals surface area contributed by atoms with E-state index < -0.39 is 25.1 Å². The highest BCUT2D eigenvalue weighted by Gasteiger charge is 2.24. The first-order valence-corrected chi connectivity index (χ1v) is 17.6. The number of halogens is 2. The van der Waals surface area contributed by atoms with E-state index >= 15 is 0 Å². The van der Waals surface area contributed by atoms with Crippen molar-refractivity contribution in [2.45, 2.75) is 9.79 Å². The predicted octanol–water partition coefficient (Wildman–Crippen LogP) is 6.89. The van der Waals surface area contributed by atoms with Gasteiger partial charge in [0.05, 0.1) is 0 Å². The van der Waals surface area contributed by atoms with Gasteiger partial charge in [-0.3, -0.25) is 18.7 Å². The van der Waals surface area contributed by atoms with Crippen molar-refractivity contribution in [2.24, 2.45) is 0 Å². The Balaban J connectivity index is 0.000000204. The topological polar surface area (TPSA) is 217 Å². The van der Waals surface area contributed by atoms with Crippen molar-refractivity contribution in [1.82, 2.24) is 0 Å². The van der Waals surface area contributed by atoms with Crippen molar-refractivity contribution in [3.05, 3.63) is 122 Å². The lowest BCUT2D eigenvalue weighted by Crippen LogP contribution is -2.04. The van der Waals surface area contributed by atoms with Crippen LogP contribution < -0.4 is 5.43 Å². The molecule has 6 rings (SSSR count). The predicted molar refractivity (Wildman–Crippen MR) is 183 cm³/mol. The minimum Gasteiger partial charge on any atom is -0.508 e. The van der Waals surface area contributed by atoms with E-state index in [1.165, 1.54) is 66.7 Å². The molecule has 0 radical (unpaired) electrons. The summed E-state index contributed by atoms with van der Waals surface area (Å²) in [4.78, 5) is 21.5. The van der Waals surface area contributed by atoms with E-state index in [0.717, 1.165) is 0 Å². The number of fused-ring (bicyclic) bond motifs is 2. The van der Waals surface area contributed by atoms with Crippen molar-refractivity contribution in [1.29, 1.82) is 0 Å². The average Bonchev–Trinajstić information content (AvgIpc) is 2.99. The van der Waals surface area contributed by atoms with Gasteiger partial charge >= 0.3 is 0 Å². The van der Waals surface area contributed by atoms with Gasteiger partial charge in [-0.2, -0.15) is 16.8 Å². The summed E-state index contributed by atoms with van der Waals surface area (Å²) in [6.45, 7) is 0. The third kappa shape index (κ3) is 8.85. The Morgan fingerprint density at radius 2 is 1.19 bits per heavy atom. The molecule has 0 aromatic heterocycles. The van der Waals surface area contributed by atoms with Crippen molar-refractivity contribution in [3.8, 4) is 39.7 Å². The van der Waals surface area contributed by atoms with Crippen molar-refractivity contribution in [2.75, 3.05) is 0 Å². The number of hydrogen-bond donors (Lipinski definition) is 5. The SMILES string of the molecule is O=Cc1ccc(Br)cc1S(=O)(=O)O.O=c1ccc2c(-c3ccc(Br)cc3S(=O)(=O)O)c3ccc(O)cc3oc-2c1.Oc1cccc(O)c1. The lowest BCUT2D eigenvalue weighted by molar-refractivity contribution is 0.112. The fourth-order valence-corrected chi connectivity index (χ4v) is 6.83. The molecule has 0 fully saturated rings. The maximum atomic E-state index is 12.0. The second kappa shape index (κ2) is 14.7. The van der Waals surface area contributed by atoms with Gasteiger partial charge in [-0.25, -0.2) is 0 Å². The van der Waals surface area contributed by atoms with E-state index in [9.17, 15) is 36.1 Å². The summed E-state index contributed by atoms with van der Waals surface area (Å²) in [6, 6.07) is 22.9. The second-order valence-corrected chi connectivity index (χ2v) is 14.3. The van der Waals surface area contributed by atoms with Crippen molar-refractivity contribution >= 4 is 69.4 Å². The number of carbonyl (C=O) groups excluding carboxylic acids is 1. The fraction of sp³-hybridized carbons (Fsp3) is 0. The lowest BCUT2D eigenvalue weighted by Gasteiger charge is -2.17. The Hall–Kier alpha value is -4.58. The zero-order chi connectivity index (χ0) is 35.4. The Morgan fingerprint density at radius 1 is 0.625 bits per heavy atom. The maximum absolute atomic E-state index is 12.0. The summed E-state index contributed by atoms with van der Waals surface area (Å²) in [6.07, 6.45) is 0.371. The van der Waals surface area contributed by atoms with Gasteiger partial charge in [-0.15, -0.1) is 0 Å². The number of benzene rings is 5. The number of aldehydes is 1. The molecule has 0 saturated heterocycles. The number of aromatic hydroxyl groups is 3. The fourth-order valence-electron chi connectivity index (χ4n) is 4.39. The molecule has 1 aliphatic heterocycles. The summed E-state index contributed by atoms with van der Waals surface area (Å²) in [5.41, 5.74) is 1.14. The zero-order valence-corrected chi connectivity index (χ0v) is 28.8. The maximum Gasteiger partial charge on any atom is 0.295 e. The molecule has 0 saturated carbocycles. The van der Waals surface area contributed by atoms with Crippen molar-refractivity contribution in [3.63, 3.8) is 0 Å². The van der Waals surface area contributed by atoms with Crippen LogP contribution in [0.2, 0.25) is 0 Å². The zero-order valence-electron chi connectivity index (χ0n) is 24.0. The quantitative estimate of drug-likeness (QED) is 0.0698. The summed E-state index contributed by atoms with van der Waals surface area (Å²) in [7, 11) is -8.86. The van der Waals surface area contributed by atoms with Gasteiger partial charge in [0.1, 0.15) is 38.4 Å². The van der Waals surface area contributed by atoms with E-state index in [0.29, 0.717) is 31.7 Å². The summed E-state index contributed by atoms with van der Waals surface area (Å²) in [5.74, 6) is 0.371. The minimum atomic E-state index is -4.53. The normalized spacial score (nSPS) is 11.2. The molecular formula is C32H22Br2O12S2. The molecule has 0 spiro atoms. The highest BCUT2D eigenvalue weighted by Crippen LogP contribution is 2.43. The molecule has 0 amide bonds. The Kier molecular flexibility index (Phi) is 11.1. The van der Waals surface area contributed by atoms with Crippen LogP contribution in [0.4, 0.5) is 0 Å². The van der Waals surface area contributed by atoms with Gasteiger partial charge in [-0.1, -0.05) is 44.0 Å². The van der Waals surface area contributed by atoms with Crippen LogP contribution in [-0.2, 0) is 20.2 Å². The van der Waals surface area contributed by atoms with Crippen LogP contribution in [0.25, 0.3) is 33.4 Å². The molecule has 0 bridgehead atoms. The van der Waals surface area contributed by atoms with E-state index in [1.807, 2.05) is 0 Å².